The highest BCUT2D eigenvalue weighted by Gasteiger charge is 2.32. The number of anilines is 1. The normalized spacial score (nSPS) is 15.0. The minimum atomic E-state index is -0.716. The molecule has 0 saturated heterocycles. The van der Waals surface area contributed by atoms with E-state index < -0.39 is 5.92 Å². The van der Waals surface area contributed by atoms with Crippen LogP contribution in [0.3, 0.4) is 0 Å². The molecule has 0 N–H and O–H groups in total. The molecule has 2 aromatic heterocycles. The van der Waals surface area contributed by atoms with Gasteiger partial charge in [-0.15, -0.1) is 0 Å². The van der Waals surface area contributed by atoms with E-state index in [0.29, 0.717) is 18.2 Å². The maximum absolute atomic E-state index is 12.5. The summed E-state index contributed by atoms with van der Waals surface area (Å²) in [7, 11) is 0. The Bertz CT molecular complexity index is 748. The zero-order valence-corrected chi connectivity index (χ0v) is 13.4. The molecule has 3 rings (SSSR count). The molecule has 7 heteroatoms. The second-order valence-electron chi connectivity index (χ2n) is 5.70. The smallest absolute Gasteiger partial charge is 0.244 e. The van der Waals surface area contributed by atoms with Gasteiger partial charge in [0.15, 0.2) is 5.15 Å². The maximum Gasteiger partial charge on any atom is 0.244 e. The lowest BCUT2D eigenvalue weighted by Gasteiger charge is -2.22. The number of nitriles is 1. The van der Waals surface area contributed by atoms with Gasteiger partial charge in [0.25, 0.3) is 0 Å². The summed E-state index contributed by atoms with van der Waals surface area (Å²) < 4.78 is 1.59. The van der Waals surface area contributed by atoms with Gasteiger partial charge in [-0.1, -0.05) is 11.6 Å². The van der Waals surface area contributed by atoms with Crippen LogP contribution in [-0.4, -0.2) is 27.2 Å². The van der Waals surface area contributed by atoms with Gasteiger partial charge >= 0.3 is 0 Å². The number of halogens is 1. The van der Waals surface area contributed by atoms with Crippen LogP contribution in [0.5, 0.6) is 0 Å². The van der Waals surface area contributed by atoms with Crippen molar-refractivity contribution in [2.45, 2.75) is 19.8 Å². The maximum atomic E-state index is 12.5. The Morgan fingerprint density at radius 3 is 3.00 bits per heavy atom. The van der Waals surface area contributed by atoms with Gasteiger partial charge in [0.1, 0.15) is 11.6 Å². The van der Waals surface area contributed by atoms with E-state index in [1.54, 1.807) is 41.2 Å². The number of aromatic nitrogens is 3. The van der Waals surface area contributed by atoms with Crippen molar-refractivity contribution in [2.24, 2.45) is 11.8 Å². The van der Waals surface area contributed by atoms with Crippen LogP contribution in [0.2, 0.25) is 5.15 Å². The quantitative estimate of drug-likeness (QED) is 0.845. The largest absolute Gasteiger partial charge is 0.307 e. The molecule has 1 atom stereocenters. The first kappa shape index (κ1) is 15.5. The highest BCUT2D eigenvalue weighted by atomic mass is 35.5. The molecule has 23 heavy (non-hydrogen) atoms. The highest BCUT2D eigenvalue weighted by molar-refractivity contribution is 6.32. The summed E-state index contributed by atoms with van der Waals surface area (Å²) in [4.78, 5) is 18.2. The van der Waals surface area contributed by atoms with E-state index in [2.05, 4.69) is 10.1 Å². The zero-order valence-electron chi connectivity index (χ0n) is 12.7. The fourth-order valence-electron chi connectivity index (χ4n) is 2.30. The molecular formula is C16H16ClN5O. The van der Waals surface area contributed by atoms with E-state index >= 15 is 0 Å². The Kier molecular flexibility index (Phi) is 4.30. The Morgan fingerprint density at radius 2 is 2.39 bits per heavy atom. The van der Waals surface area contributed by atoms with Gasteiger partial charge in [-0.25, -0.2) is 4.68 Å². The van der Waals surface area contributed by atoms with E-state index in [4.69, 9.17) is 16.9 Å². The number of carbonyl (C=O) groups excluding carboxylic acids is 1. The minimum absolute atomic E-state index is 0.243. The number of hydrogen-bond donors (Lipinski definition) is 0. The Labute approximate surface area is 139 Å². The molecule has 1 aliphatic rings. The second kappa shape index (κ2) is 6.39. The highest BCUT2D eigenvalue weighted by Crippen LogP contribution is 2.34. The lowest BCUT2D eigenvalue weighted by molar-refractivity contribution is -0.120. The molecular weight excluding hydrogens is 314 g/mol. The van der Waals surface area contributed by atoms with E-state index in [-0.39, 0.29) is 11.1 Å². The average Bonchev–Trinajstić information content (AvgIpc) is 3.32. The average molecular weight is 330 g/mol. The molecule has 2 heterocycles. The lowest BCUT2D eigenvalue weighted by Crippen LogP contribution is -2.36. The summed E-state index contributed by atoms with van der Waals surface area (Å²) in [5.74, 6) is -0.485. The van der Waals surface area contributed by atoms with Crippen LogP contribution in [0.1, 0.15) is 19.8 Å². The van der Waals surface area contributed by atoms with E-state index in [0.717, 1.165) is 18.5 Å². The van der Waals surface area contributed by atoms with E-state index in [1.165, 1.54) is 0 Å². The van der Waals surface area contributed by atoms with Gasteiger partial charge in [-0.2, -0.15) is 10.4 Å². The molecule has 0 radical (unpaired) electrons. The van der Waals surface area contributed by atoms with Crippen molar-refractivity contribution in [3.63, 3.8) is 0 Å². The van der Waals surface area contributed by atoms with Crippen molar-refractivity contribution in [3.8, 4) is 11.8 Å². The molecule has 1 fully saturated rings. The van der Waals surface area contributed by atoms with Crippen LogP contribution < -0.4 is 4.90 Å². The van der Waals surface area contributed by atoms with Gasteiger partial charge in [0.2, 0.25) is 5.91 Å². The van der Waals surface area contributed by atoms with Crippen molar-refractivity contribution >= 4 is 23.2 Å². The fourth-order valence-corrected chi connectivity index (χ4v) is 2.53. The van der Waals surface area contributed by atoms with Crippen molar-refractivity contribution in [1.29, 1.82) is 5.26 Å². The van der Waals surface area contributed by atoms with Crippen LogP contribution >= 0.6 is 11.6 Å². The first-order chi connectivity index (χ1) is 11.1. The summed E-state index contributed by atoms with van der Waals surface area (Å²) in [5.41, 5.74) is 1.29. The molecule has 1 aliphatic carbocycles. The number of pyridine rings is 1. The van der Waals surface area contributed by atoms with Crippen molar-refractivity contribution < 1.29 is 4.79 Å². The third kappa shape index (κ3) is 3.35. The third-order valence-electron chi connectivity index (χ3n) is 3.82. The third-order valence-corrected chi connectivity index (χ3v) is 4.09. The summed E-state index contributed by atoms with van der Waals surface area (Å²) in [6, 6.07) is 5.65. The van der Waals surface area contributed by atoms with Crippen LogP contribution in [-0.2, 0) is 4.79 Å². The van der Waals surface area contributed by atoms with Gasteiger partial charge in [-0.3, -0.25) is 9.78 Å². The molecule has 0 spiro atoms. The molecule has 1 amide bonds. The summed E-state index contributed by atoms with van der Waals surface area (Å²) in [5, 5.41) is 13.5. The predicted molar refractivity (Wildman–Crippen MR) is 86.2 cm³/mol. The van der Waals surface area contributed by atoms with Crippen molar-refractivity contribution in [3.05, 3.63) is 35.9 Å². The Morgan fingerprint density at radius 1 is 1.61 bits per heavy atom. The summed E-state index contributed by atoms with van der Waals surface area (Å²) in [6.07, 6.45) is 7.24. The first-order valence-electron chi connectivity index (χ1n) is 7.46. The number of amides is 1. The molecule has 2 aromatic rings. The molecule has 0 bridgehead atoms. The number of rotatable bonds is 5. The first-order valence-corrected chi connectivity index (χ1v) is 7.84. The van der Waals surface area contributed by atoms with E-state index in [9.17, 15) is 4.79 Å². The second-order valence-corrected chi connectivity index (χ2v) is 6.06. The van der Waals surface area contributed by atoms with Gasteiger partial charge in [0, 0.05) is 12.7 Å². The number of nitrogens with zero attached hydrogens (tertiary/aromatic N) is 5. The molecule has 1 unspecified atom stereocenters. The number of hydrogen-bond acceptors (Lipinski definition) is 4. The van der Waals surface area contributed by atoms with Crippen molar-refractivity contribution in [2.75, 3.05) is 11.4 Å². The summed E-state index contributed by atoms with van der Waals surface area (Å²) >= 11 is 6.26. The van der Waals surface area contributed by atoms with Crippen LogP contribution in [0.25, 0.3) is 5.69 Å². The topological polar surface area (TPSA) is 74.8 Å². The summed E-state index contributed by atoms with van der Waals surface area (Å²) in [6.45, 7) is 2.17. The zero-order chi connectivity index (χ0) is 16.4. The molecule has 1 saturated carbocycles. The standard InChI is InChI=1S/C16H16ClN5O/c1-11(7-18)16(23)21(9-12-4-5-12)14-10-22(20-15(14)17)13-3-2-6-19-8-13/h2-3,6,8,10-12H,4-5,9H2,1H3. The fraction of sp³-hybridized carbons (Fsp3) is 0.375. The molecule has 6 nitrogen and oxygen atoms in total. The Hall–Kier alpha value is -2.39. The van der Waals surface area contributed by atoms with Gasteiger partial charge in [-0.05, 0) is 37.8 Å². The van der Waals surface area contributed by atoms with Crippen molar-refractivity contribution in [1.82, 2.24) is 14.8 Å². The molecule has 0 aromatic carbocycles. The predicted octanol–water partition coefficient (Wildman–Crippen LogP) is 2.82. The van der Waals surface area contributed by atoms with Gasteiger partial charge < -0.3 is 4.90 Å². The van der Waals surface area contributed by atoms with Crippen LogP contribution in [0.4, 0.5) is 5.69 Å². The lowest BCUT2D eigenvalue weighted by atomic mass is 10.1. The van der Waals surface area contributed by atoms with Gasteiger partial charge in [0.05, 0.1) is 24.2 Å². The molecule has 0 aliphatic heterocycles. The van der Waals surface area contributed by atoms with Crippen LogP contribution in [0, 0.1) is 23.2 Å². The monoisotopic (exact) mass is 329 g/mol. The SMILES string of the molecule is CC(C#N)C(=O)N(CC1CC1)c1cn(-c2cccnc2)nc1Cl. The molecule has 118 valence electrons. The van der Waals surface area contributed by atoms with E-state index in [1.807, 2.05) is 12.1 Å². The Balaban J connectivity index is 1.94. The minimum Gasteiger partial charge on any atom is -0.307 e. The number of carbonyl (C=O) groups is 1. The van der Waals surface area contributed by atoms with Crippen LogP contribution in [0.15, 0.2) is 30.7 Å².